The molecule has 0 aliphatic carbocycles. The molecule has 3 rings (SSSR count). The monoisotopic (exact) mass is 336 g/mol. The number of likely N-dealkylation sites (N-methyl/N-ethyl adjacent to an activating group) is 1. The number of amides is 2. The molecule has 128 valence electrons. The Morgan fingerprint density at radius 2 is 1.68 bits per heavy atom. The van der Waals surface area contributed by atoms with E-state index in [1.807, 2.05) is 31.2 Å². The summed E-state index contributed by atoms with van der Waals surface area (Å²) in [6.07, 6.45) is 0. The molecule has 0 saturated heterocycles. The molecule has 0 atom stereocenters. The van der Waals surface area contributed by atoms with Crippen LogP contribution in [-0.2, 0) is 9.59 Å². The predicted molar refractivity (Wildman–Crippen MR) is 97.1 cm³/mol. The van der Waals surface area contributed by atoms with Crippen LogP contribution in [0.25, 0.3) is 5.57 Å². The third-order valence-electron chi connectivity index (χ3n) is 4.27. The molecule has 0 fully saturated rings. The number of carbonyl (C=O) groups excluding carboxylic acids is 2. The van der Waals surface area contributed by atoms with Gasteiger partial charge < -0.3 is 10.1 Å². The molecule has 1 N–H and O–H groups in total. The third kappa shape index (κ3) is 3.01. The largest absolute Gasteiger partial charge is 0.497 e. The highest BCUT2D eigenvalue weighted by Gasteiger charge is 2.38. The van der Waals surface area contributed by atoms with Crippen LogP contribution in [0.15, 0.2) is 54.2 Å². The van der Waals surface area contributed by atoms with E-state index in [4.69, 9.17) is 4.74 Å². The van der Waals surface area contributed by atoms with Gasteiger partial charge >= 0.3 is 0 Å². The maximum absolute atomic E-state index is 12.8. The van der Waals surface area contributed by atoms with E-state index in [9.17, 15) is 9.59 Å². The van der Waals surface area contributed by atoms with E-state index < -0.39 is 0 Å². The molecule has 0 bridgehead atoms. The SMILES string of the molecule is CCN1C(=O)C(Nc2ccccc2C)=C(c2ccc(OC)cc2)C1=O. The van der Waals surface area contributed by atoms with Crippen molar-refractivity contribution in [1.82, 2.24) is 4.90 Å². The van der Waals surface area contributed by atoms with Crippen LogP contribution in [0.5, 0.6) is 5.75 Å². The number of aryl methyl sites for hydroxylation is 1. The topological polar surface area (TPSA) is 58.6 Å². The lowest BCUT2D eigenvalue weighted by Gasteiger charge is -2.12. The second kappa shape index (κ2) is 6.81. The first-order chi connectivity index (χ1) is 12.1. The van der Waals surface area contributed by atoms with Crippen LogP contribution < -0.4 is 10.1 Å². The highest BCUT2D eigenvalue weighted by Crippen LogP contribution is 2.31. The lowest BCUT2D eigenvalue weighted by atomic mass is 10.0. The number of methoxy groups -OCH3 is 1. The number of nitrogens with zero attached hydrogens (tertiary/aromatic N) is 1. The summed E-state index contributed by atoms with van der Waals surface area (Å²) in [7, 11) is 1.59. The molecule has 0 saturated carbocycles. The van der Waals surface area contributed by atoms with Gasteiger partial charge in [0, 0.05) is 12.2 Å². The summed E-state index contributed by atoms with van der Waals surface area (Å²) in [5.74, 6) is 0.109. The number of nitrogens with one attached hydrogen (secondary N) is 1. The Morgan fingerprint density at radius 1 is 1.00 bits per heavy atom. The zero-order valence-electron chi connectivity index (χ0n) is 14.5. The lowest BCUT2D eigenvalue weighted by molar-refractivity contribution is -0.136. The predicted octanol–water partition coefficient (Wildman–Crippen LogP) is 3.22. The van der Waals surface area contributed by atoms with E-state index in [2.05, 4.69) is 5.32 Å². The molecule has 2 aromatic carbocycles. The molecule has 0 spiro atoms. The van der Waals surface area contributed by atoms with Gasteiger partial charge in [-0.1, -0.05) is 30.3 Å². The second-order valence-electron chi connectivity index (χ2n) is 5.77. The maximum atomic E-state index is 12.8. The van der Waals surface area contributed by atoms with E-state index in [0.29, 0.717) is 29.1 Å². The summed E-state index contributed by atoms with van der Waals surface area (Å²) >= 11 is 0. The second-order valence-corrected chi connectivity index (χ2v) is 5.77. The van der Waals surface area contributed by atoms with E-state index >= 15 is 0 Å². The number of ether oxygens (including phenoxy) is 1. The van der Waals surface area contributed by atoms with Crippen LogP contribution in [0, 0.1) is 6.92 Å². The smallest absolute Gasteiger partial charge is 0.278 e. The van der Waals surface area contributed by atoms with Crippen LogP contribution in [0.1, 0.15) is 18.1 Å². The van der Waals surface area contributed by atoms with Crippen molar-refractivity contribution >= 4 is 23.1 Å². The van der Waals surface area contributed by atoms with Crippen LogP contribution in [-0.4, -0.2) is 30.4 Å². The molecule has 25 heavy (non-hydrogen) atoms. The van der Waals surface area contributed by atoms with Crippen LogP contribution in [0.4, 0.5) is 5.69 Å². The molecule has 5 nitrogen and oxygen atoms in total. The molecule has 2 amide bonds. The molecule has 1 aliphatic rings. The number of hydrogen-bond acceptors (Lipinski definition) is 4. The molecule has 5 heteroatoms. The fourth-order valence-electron chi connectivity index (χ4n) is 2.85. The molecular weight excluding hydrogens is 316 g/mol. The van der Waals surface area contributed by atoms with Crippen molar-refractivity contribution in [2.75, 3.05) is 19.0 Å². The highest BCUT2D eigenvalue weighted by molar-refractivity contribution is 6.36. The Bertz CT molecular complexity index is 853. The Balaban J connectivity index is 2.09. The number of imide groups is 1. The summed E-state index contributed by atoms with van der Waals surface area (Å²) in [5.41, 5.74) is 3.19. The first-order valence-corrected chi connectivity index (χ1v) is 8.14. The van der Waals surface area contributed by atoms with Crippen molar-refractivity contribution in [2.24, 2.45) is 0 Å². The third-order valence-corrected chi connectivity index (χ3v) is 4.27. The number of hydrogen-bond donors (Lipinski definition) is 1. The maximum Gasteiger partial charge on any atom is 0.278 e. The summed E-state index contributed by atoms with van der Waals surface area (Å²) in [6.45, 7) is 4.07. The average molecular weight is 336 g/mol. The van der Waals surface area contributed by atoms with Gasteiger partial charge in [0.1, 0.15) is 11.4 Å². The van der Waals surface area contributed by atoms with Crippen LogP contribution in [0.3, 0.4) is 0 Å². The standard InChI is InChI=1S/C20H20N2O3/c1-4-22-19(23)17(14-9-11-15(25-3)12-10-14)18(20(22)24)21-16-8-6-5-7-13(16)2/h5-12,21H,4H2,1-3H3. The first kappa shape index (κ1) is 16.8. The molecule has 2 aromatic rings. The van der Waals surface area contributed by atoms with Gasteiger partial charge in [-0.15, -0.1) is 0 Å². The van der Waals surface area contributed by atoms with Gasteiger partial charge in [-0.05, 0) is 43.2 Å². The van der Waals surface area contributed by atoms with Gasteiger partial charge in [-0.2, -0.15) is 0 Å². The van der Waals surface area contributed by atoms with Gasteiger partial charge in [0.15, 0.2) is 0 Å². The van der Waals surface area contributed by atoms with Gasteiger partial charge in [0.05, 0.1) is 12.7 Å². The molecular formula is C20H20N2O3. The molecule has 1 aliphatic heterocycles. The zero-order chi connectivity index (χ0) is 18.0. The van der Waals surface area contributed by atoms with Crippen LogP contribution in [0.2, 0.25) is 0 Å². The van der Waals surface area contributed by atoms with Gasteiger partial charge in [-0.25, -0.2) is 0 Å². The van der Waals surface area contributed by atoms with E-state index in [0.717, 1.165) is 11.3 Å². The number of carbonyl (C=O) groups is 2. The average Bonchev–Trinajstić information content (AvgIpc) is 2.86. The van der Waals surface area contributed by atoms with Crippen molar-refractivity contribution in [1.29, 1.82) is 0 Å². The van der Waals surface area contributed by atoms with E-state index in [1.54, 1.807) is 38.3 Å². The molecule has 0 aromatic heterocycles. The summed E-state index contributed by atoms with van der Waals surface area (Å²) in [5, 5.41) is 3.17. The summed E-state index contributed by atoms with van der Waals surface area (Å²) < 4.78 is 5.17. The molecule has 0 unspecified atom stereocenters. The summed E-state index contributed by atoms with van der Waals surface area (Å²) in [6, 6.07) is 14.8. The Kier molecular flexibility index (Phi) is 4.57. The highest BCUT2D eigenvalue weighted by atomic mass is 16.5. The van der Waals surface area contributed by atoms with Crippen molar-refractivity contribution in [3.63, 3.8) is 0 Å². The van der Waals surface area contributed by atoms with Crippen molar-refractivity contribution in [3.05, 3.63) is 65.4 Å². The van der Waals surface area contributed by atoms with Crippen molar-refractivity contribution in [2.45, 2.75) is 13.8 Å². The van der Waals surface area contributed by atoms with Gasteiger partial charge in [0.2, 0.25) is 0 Å². The number of rotatable bonds is 5. The first-order valence-electron chi connectivity index (χ1n) is 8.14. The quantitative estimate of drug-likeness (QED) is 0.852. The number of anilines is 1. The van der Waals surface area contributed by atoms with Crippen LogP contribution >= 0.6 is 0 Å². The van der Waals surface area contributed by atoms with Crippen molar-refractivity contribution < 1.29 is 14.3 Å². The fraction of sp³-hybridized carbons (Fsp3) is 0.200. The normalized spacial score (nSPS) is 14.3. The minimum absolute atomic E-state index is 0.284. The zero-order valence-corrected chi connectivity index (χ0v) is 14.5. The molecule has 1 heterocycles. The Labute approximate surface area is 146 Å². The minimum Gasteiger partial charge on any atom is -0.497 e. The van der Waals surface area contributed by atoms with E-state index in [-0.39, 0.29) is 11.8 Å². The summed E-state index contributed by atoms with van der Waals surface area (Å²) in [4.78, 5) is 26.7. The van der Waals surface area contributed by atoms with Gasteiger partial charge in [0.25, 0.3) is 11.8 Å². The number of benzene rings is 2. The Hall–Kier alpha value is -3.08. The minimum atomic E-state index is -0.304. The fourth-order valence-corrected chi connectivity index (χ4v) is 2.85. The lowest BCUT2D eigenvalue weighted by Crippen LogP contribution is -2.32. The van der Waals surface area contributed by atoms with E-state index in [1.165, 1.54) is 4.90 Å². The number of para-hydroxylation sites is 1. The van der Waals surface area contributed by atoms with Crippen molar-refractivity contribution in [3.8, 4) is 5.75 Å². The Morgan fingerprint density at radius 3 is 2.28 bits per heavy atom. The van der Waals surface area contributed by atoms with Gasteiger partial charge in [-0.3, -0.25) is 14.5 Å². The molecule has 0 radical (unpaired) electrons.